The molecule has 2 aromatic heterocycles. The van der Waals surface area contributed by atoms with Gasteiger partial charge in [0.2, 0.25) is 5.89 Å². The monoisotopic (exact) mass is 231 g/mol. The number of carbonyl (C=O) groups is 1. The third kappa shape index (κ3) is 2.69. The Morgan fingerprint density at radius 2 is 2.24 bits per heavy atom. The van der Waals surface area contributed by atoms with Crippen LogP contribution in [-0.4, -0.2) is 15.9 Å². The fourth-order valence-corrected chi connectivity index (χ4v) is 1.36. The largest absolute Gasteiger partial charge is 0.444 e. The first-order valence-corrected chi connectivity index (χ1v) is 5.29. The summed E-state index contributed by atoms with van der Waals surface area (Å²) in [5.41, 5.74) is 1.22. The molecule has 0 aliphatic heterocycles. The van der Waals surface area contributed by atoms with E-state index in [9.17, 15) is 4.79 Å². The van der Waals surface area contributed by atoms with Crippen molar-refractivity contribution in [2.45, 2.75) is 20.4 Å². The summed E-state index contributed by atoms with van der Waals surface area (Å²) < 4.78 is 5.35. The van der Waals surface area contributed by atoms with Gasteiger partial charge in [-0.3, -0.25) is 9.78 Å². The van der Waals surface area contributed by atoms with E-state index in [1.165, 1.54) is 0 Å². The van der Waals surface area contributed by atoms with E-state index in [1.807, 2.05) is 13.8 Å². The maximum Gasteiger partial charge on any atom is 0.270 e. The molecule has 0 fully saturated rings. The number of nitrogens with one attached hydrogen (secondary N) is 1. The van der Waals surface area contributed by atoms with Crippen LogP contribution in [0.1, 0.15) is 27.8 Å². The highest BCUT2D eigenvalue weighted by molar-refractivity contribution is 5.91. The average molecular weight is 231 g/mol. The van der Waals surface area contributed by atoms with Crippen molar-refractivity contribution in [1.29, 1.82) is 0 Å². The van der Waals surface area contributed by atoms with Crippen molar-refractivity contribution in [3.8, 4) is 0 Å². The van der Waals surface area contributed by atoms with Gasteiger partial charge in [0.15, 0.2) is 0 Å². The van der Waals surface area contributed by atoms with Gasteiger partial charge in [0.1, 0.15) is 11.5 Å². The van der Waals surface area contributed by atoms with Crippen molar-refractivity contribution in [3.05, 3.63) is 47.4 Å². The predicted octanol–water partition coefficient (Wildman–Crippen LogP) is 1.62. The van der Waals surface area contributed by atoms with Crippen LogP contribution in [0.25, 0.3) is 0 Å². The van der Waals surface area contributed by atoms with Gasteiger partial charge in [-0.25, -0.2) is 4.98 Å². The molecule has 0 atom stereocenters. The molecule has 5 heteroatoms. The minimum Gasteiger partial charge on any atom is -0.444 e. The maximum atomic E-state index is 11.7. The molecule has 0 saturated carbocycles. The molecular weight excluding hydrogens is 218 g/mol. The number of oxazole rings is 1. The van der Waals surface area contributed by atoms with Crippen LogP contribution >= 0.6 is 0 Å². The van der Waals surface area contributed by atoms with Gasteiger partial charge in [-0.2, -0.15) is 0 Å². The van der Waals surface area contributed by atoms with E-state index in [0.29, 0.717) is 11.6 Å². The Balaban J connectivity index is 1.97. The Kier molecular flexibility index (Phi) is 3.18. The summed E-state index contributed by atoms with van der Waals surface area (Å²) in [4.78, 5) is 19.8. The molecule has 1 amide bonds. The number of hydrogen-bond donors (Lipinski definition) is 1. The highest BCUT2D eigenvalue weighted by Crippen LogP contribution is 2.07. The molecule has 1 N–H and O–H groups in total. The van der Waals surface area contributed by atoms with E-state index >= 15 is 0 Å². The van der Waals surface area contributed by atoms with Crippen molar-refractivity contribution < 1.29 is 9.21 Å². The molecule has 0 aliphatic carbocycles. The highest BCUT2D eigenvalue weighted by Gasteiger charge is 2.09. The smallest absolute Gasteiger partial charge is 0.270 e. The SMILES string of the molecule is Cc1nc(CNC(=O)c2ccccn2)oc1C. The molecule has 0 aliphatic rings. The zero-order valence-corrected chi connectivity index (χ0v) is 9.73. The zero-order chi connectivity index (χ0) is 12.3. The molecule has 2 aromatic rings. The molecule has 17 heavy (non-hydrogen) atoms. The normalized spacial score (nSPS) is 10.2. The second-order valence-electron chi connectivity index (χ2n) is 3.65. The van der Waals surface area contributed by atoms with Crippen LogP contribution in [0.15, 0.2) is 28.8 Å². The van der Waals surface area contributed by atoms with Gasteiger partial charge < -0.3 is 9.73 Å². The summed E-state index contributed by atoms with van der Waals surface area (Å²) in [6, 6.07) is 5.18. The fraction of sp³-hybridized carbons (Fsp3) is 0.250. The molecule has 0 unspecified atom stereocenters. The first kappa shape index (κ1) is 11.3. The molecule has 2 rings (SSSR count). The predicted molar refractivity (Wildman–Crippen MR) is 61.4 cm³/mol. The molecule has 0 spiro atoms. The molecule has 0 saturated heterocycles. The quantitative estimate of drug-likeness (QED) is 0.871. The summed E-state index contributed by atoms with van der Waals surface area (Å²) in [7, 11) is 0. The lowest BCUT2D eigenvalue weighted by molar-refractivity contribution is 0.0942. The third-order valence-corrected chi connectivity index (χ3v) is 2.37. The summed E-state index contributed by atoms with van der Waals surface area (Å²) in [5, 5.41) is 2.70. The van der Waals surface area contributed by atoms with Crippen molar-refractivity contribution >= 4 is 5.91 Å². The van der Waals surface area contributed by atoms with Crippen LogP contribution in [0, 0.1) is 13.8 Å². The van der Waals surface area contributed by atoms with Gasteiger partial charge in [-0.1, -0.05) is 6.07 Å². The topological polar surface area (TPSA) is 68.0 Å². The Morgan fingerprint density at radius 1 is 1.41 bits per heavy atom. The lowest BCUT2D eigenvalue weighted by Crippen LogP contribution is -2.23. The van der Waals surface area contributed by atoms with Gasteiger partial charge in [0.25, 0.3) is 5.91 Å². The van der Waals surface area contributed by atoms with Crippen LogP contribution in [0.5, 0.6) is 0 Å². The van der Waals surface area contributed by atoms with Crippen LogP contribution in [0.3, 0.4) is 0 Å². The van der Waals surface area contributed by atoms with Crippen LogP contribution < -0.4 is 5.32 Å². The summed E-state index contributed by atoms with van der Waals surface area (Å²) in [6.07, 6.45) is 1.58. The van der Waals surface area contributed by atoms with Crippen LogP contribution in [0.4, 0.5) is 0 Å². The third-order valence-electron chi connectivity index (χ3n) is 2.37. The summed E-state index contributed by atoms with van der Waals surface area (Å²) in [5.74, 6) is 1.04. The lowest BCUT2D eigenvalue weighted by atomic mass is 10.3. The Morgan fingerprint density at radius 3 is 2.82 bits per heavy atom. The molecule has 0 bridgehead atoms. The maximum absolute atomic E-state index is 11.7. The van der Waals surface area contributed by atoms with Crippen molar-refractivity contribution in [2.24, 2.45) is 0 Å². The number of nitrogens with zero attached hydrogens (tertiary/aromatic N) is 2. The van der Waals surface area contributed by atoms with E-state index in [1.54, 1.807) is 24.4 Å². The van der Waals surface area contributed by atoms with Crippen molar-refractivity contribution in [2.75, 3.05) is 0 Å². The number of aryl methyl sites for hydroxylation is 2. The molecule has 88 valence electrons. The number of carbonyl (C=O) groups excluding carboxylic acids is 1. The molecule has 2 heterocycles. The number of amides is 1. The van der Waals surface area contributed by atoms with E-state index in [0.717, 1.165) is 11.5 Å². The van der Waals surface area contributed by atoms with E-state index in [4.69, 9.17) is 4.42 Å². The standard InChI is InChI=1S/C12H13N3O2/c1-8-9(2)17-11(15-8)7-14-12(16)10-5-3-4-6-13-10/h3-6H,7H2,1-2H3,(H,14,16). The first-order chi connectivity index (χ1) is 8.16. The second kappa shape index (κ2) is 4.78. The van der Waals surface area contributed by atoms with E-state index in [2.05, 4.69) is 15.3 Å². The lowest BCUT2D eigenvalue weighted by Gasteiger charge is -2.00. The van der Waals surface area contributed by atoms with Crippen LogP contribution in [-0.2, 0) is 6.54 Å². The Bertz CT molecular complexity index is 500. The van der Waals surface area contributed by atoms with Crippen molar-refractivity contribution in [3.63, 3.8) is 0 Å². The van der Waals surface area contributed by atoms with Gasteiger partial charge in [0.05, 0.1) is 12.2 Å². The summed E-state index contributed by atoms with van der Waals surface area (Å²) >= 11 is 0. The van der Waals surface area contributed by atoms with Gasteiger partial charge in [0, 0.05) is 6.20 Å². The number of hydrogen-bond acceptors (Lipinski definition) is 4. The first-order valence-electron chi connectivity index (χ1n) is 5.29. The number of pyridine rings is 1. The number of rotatable bonds is 3. The average Bonchev–Trinajstić information content (AvgIpc) is 2.67. The minimum absolute atomic E-state index is 0.237. The van der Waals surface area contributed by atoms with Crippen molar-refractivity contribution in [1.82, 2.24) is 15.3 Å². The molecule has 0 aromatic carbocycles. The fourth-order valence-electron chi connectivity index (χ4n) is 1.36. The highest BCUT2D eigenvalue weighted by atomic mass is 16.4. The van der Waals surface area contributed by atoms with Gasteiger partial charge in [-0.15, -0.1) is 0 Å². The summed E-state index contributed by atoms with van der Waals surface area (Å²) in [6.45, 7) is 3.97. The van der Waals surface area contributed by atoms with Gasteiger partial charge in [-0.05, 0) is 26.0 Å². The number of aromatic nitrogens is 2. The van der Waals surface area contributed by atoms with Crippen LogP contribution in [0.2, 0.25) is 0 Å². The van der Waals surface area contributed by atoms with Gasteiger partial charge >= 0.3 is 0 Å². The Hall–Kier alpha value is -2.17. The van der Waals surface area contributed by atoms with E-state index < -0.39 is 0 Å². The second-order valence-corrected chi connectivity index (χ2v) is 3.65. The molecule has 0 radical (unpaired) electrons. The van der Waals surface area contributed by atoms with E-state index in [-0.39, 0.29) is 12.5 Å². The molecule has 5 nitrogen and oxygen atoms in total. The molecular formula is C12H13N3O2. The minimum atomic E-state index is -0.237. The Labute approximate surface area is 98.9 Å². The zero-order valence-electron chi connectivity index (χ0n) is 9.73.